The van der Waals surface area contributed by atoms with Crippen LogP contribution in [0.25, 0.3) is 5.82 Å². The Hall–Kier alpha value is -1.43. The van der Waals surface area contributed by atoms with E-state index in [1.54, 1.807) is 6.20 Å². The van der Waals surface area contributed by atoms with Crippen LogP contribution in [0, 0.1) is 5.82 Å². The highest BCUT2D eigenvalue weighted by atomic mass is 79.9. The summed E-state index contributed by atoms with van der Waals surface area (Å²) < 4.78 is 15.1. The zero-order valence-electron chi connectivity index (χ0n) is 6.98. The first-order chi connectivity index (χ1) is 6.68. The first-order valence-corrected chi connectivity index (χ1v) is 4.59. The Morgan fingerprint density at radius 1 is 1.50 bits per heavy atom. The molecule has 2 N–H and O–H groups in total. The van der Waals surface area contributed by atoms with Crippen molar-refractivity contribution in [2.24, 2.45) is 0 Å². The molecule has 0 unspecified atom stereocenters. The number of pyridine rings is 1. The standard InChI is InChI=1S/C8H6BrFN4/c9-5-4-14(13-7(5)11)8-6(10)2-1-3-12-8/h1-4H,(H2,11,13). The number of nitrogen functional groups attached to an aromatic ring is 1. The molecule has 2 heterocycles. The quantitative estimate of drug-likeness (QED) is 0.846. The topological polar surface area (TPSA) is 56.7 Å². The van der Waals surface area contributed by atoms with Crippen molar-refractivity contribution in [2.75, 3.05) is 5.73 Å². The summed E-state index contributed by atoms with van der Waals surface area (Å²) in [6.45, 7) is 0. The lowest BCUT2D eigenvalue weighted by Gasteiger charge is -1.99. The second-order valence-electron chi connectivity index (χ2n) is 2.62. The van der Waals surface area contributed by atoms with Crippen LogP contribution < -0.4 is 5.73 Å². The molecule has 72 valence electrons. The Morgan fingerprint density at radius 2 is 2.29 bits per heavy atom. The van der Waals surface area contributed by atoms with E-state index in [-0.39, 0.29) is 5.82 Å². The van der Waals surface area contributed by atoms with Crippen molar-refractivity contribution in [3.05, 3.63) is 34.8 Å². The molecule has 0 amide bonds. The molecule has 0 spiro atoms. The van der Waals surface area contributed by atoms with Crippen molar-refractivity contribution in [1.82, 2.24) is 14.8 Å². The molecule has 0 aliphatic rings. The number of rotatable bonds is 1. The van der Waals surface area contributed by atoms with E-state index >= 15 is 0 Å². The average Bonchev–Trinajstić information content (AvgIpc) is 2.48. The van der Waals surface area contributed by atoms with Gasteiger partial charge in [-0.25, -0.2) is 14.1 Å². The van der Waals surface area contributed by atoms with Gasteiger partial charge in [0.25, 0.3) is 0 Å². The van der Waals surface area contributed by atoms with Gasteiger partial charge in [-0.05, 0) is 28.1 Å². The minimum atomic E-state index is -0.442. The third-order valence-electron chi connectivity index (χ3n) is 1.65. The lowest BCUT2D eigenvalue weighted by Crippen LogP contribution is -2.01. The number of halogens is 2. The van der Waals surface area contributed by atoms with E-state index in [2.05, 4.69) is 26.0 Å². The molecule has 0 fully saturated rings. The van der Waals surface area contributed by atoms with Crippen LogP contribution in [0.1, 0.15) is 0 Å². The Kier molecular flexibility index (Phi) is 2.20. The number of nitrogens with zero attached hydrogens (tertiary/aromatic N) is 3. The van der Waals surface area contributed by atoms with Crippen LogP contribution in [0.5, 0.6) is 0 Å². The Bertz CT molecular complexity index is 449. The fourth-order valence-corrected chi connectivity index (χ4v) is 1.29. The fourth-order valence-electron chi connectivity index (χ4n) is 1.02. The zero-order chi connectivity index (χ0) is 10.1. The lowest BCUT2D eigenvalue weighted by atomic mass is 10.4. The van der Waals surface area contributed by atoms with Crippen LogP contribution in [-0.2, 0) is 0 Å². The maximum atomic E-state index is 13.2. The third kappa shape index (κ3) is 1.48. The molecule has 14 heavy (non-hydrogen) atoms. The van der Waals surface area contributed by atoms with Crippen LogP contribution in [0.15, 0.2) is 29.0 Å². The van der Waals surface area contributed by atoms with Crippen molar-refractivity contribution in [3.63, 3.8) is 0 Å². The molecule has 0 aliphatic heterocycles. The monoisotopic (exact) mass is 256 g/mol. The van der Waals surface area contributed by atoms with E-state index < -0.39 is 5.82 Å². The van der Waals surface area contributed by atoms with Gasteiger partial charge >= 0.3 is 0 Å². The first kappa shape index (κ1) is 9.14. The van der Waals surface area contributed by atoms with Crippen LogP contribution in [0.3, 0.4) is 0 Å². The zero-order valence-corrected chi connectivity index (χ0v) is 8.57. The van der Waals surface area contributed by atoms with Gasteiger partial charge in [0.05, 0.1) is 4.47 Å². The van der Waals surface area contributed by atoms with Gasteiger partial charge in [-0.15, -0.1) is 5.10 Å². The van der Waals surface area contributed by atoms with Gasteiger partial charge in [0.2, 0.25) is 0 Å². The molecule has 0 bridgehead atoms. The highest BCUT2D eigenvalue weighted by Crippen LogP contribution is 2.19. The molecule has 0 radical (unpaired) electrons. The van der Waals surface area contributed by atoms with Gasteiger partial charge in [0.15, 0.2) is 17.5 Å². The van der Waals surface area contributed by atoms with Crippen molar-refractivity contribution in [1.29, 1.82) is 0 Å². The molecule has 6 heteroatoms. The summed E-state index contributed by atoms with van der Waals surface area (Å²) >= 11 is 3.18. The molecule has 0 saturated heterocycles. The molecule has 2 rings (SSSR count). The molecule has 2 aromatic heterocycles. The Morgan fingerprint density at radius 3 is 2.86 bits per heavy atom. The van der Waals surface area contributed by atoms with E-state index in [9.17, 15) is 4.39 Å². The molecule has 4 nitrogen and oxygen atoms in total. The molecule has 2 aromatic rings. The summed E-state index contributed by atoms with van der Waals surface area (Å²) in [7, 11) is 0. The maximum Gasteiger partial charge on any atom is 0.189 e. The predicted octanol–water partition coefficient (Wildman–Crippen LogP) is 1.75. The number of anilines is 1. The molecule has 0 saturated carbocycles. The van der Waals surface area contributed by atoms with E-state index in [0.717, 1.165) is 0 Å². The normalized spacial score (nSPS) is 10.4. The van der Waals surface area contributed by atoms with Crippen LogP contribution >= 0.6 is 15.9 Å². The SMILES string of the molecule is Nc1nn(-c2ncccc2F)cc1Br. The Labute approximate surface area is 87.7 Å². The Balaban J connectivity index is 2.55. The summed E-state index contributed by atoms with van der Waals surface area (Å²) in [5, 5.41) is 3.89. The second-order valence-corrected chi connectivity index (χ2v) is 3.47. The largest absolute Gasteiger partial charge is 0.381 e. The van der Waals surface area contributed by atoms with Gasteiger partial charge in [-0.1, -0.05) is 0 Å². The summed E-state index contributed by atoms with van der Waals surface area (Å²) in [4.78, 5) is 3.85. The minimum Gasteiger partial charge on any atom is -0.381 e. The lowest BCUT2D eigenvalue weighted by molar-refractivity contribution is 0.601. The highest BCUT2D eigenvalue weighted by Gasteiger charge is 2.08. The summed E-state index contributed by atoms with van der Waals surface area (Å²) in [5.74, 6) is -0.0116. The van der Waals surface area contributed by atoms with E-state index in [0.29, 0.717) is 10.3 Å². The first-order valence-electron chi connectivity index (χ1n) is 3.80. The third-order valence-corrected chi connectivity index (χ3v) is 2.26. The van der Waals surface area contributed by atoms with Gasteiger partial charge in [0.1, 0.15) is 0 Å². The van der Waals surface area contributed by atoms with E-state index in [1.165, 1.54) is 23.0 Å². The van der Waals surface area contributed by atoms with Crippen molar-refractivity contribution in [3.8, 4) is 5.82 Å². The number of hydrogen-bond acceptors (Lipinski definition) is 3. The highest BCUT2D eigenvalue weighted by molar-refractivity contribution is 9.10. The second kappa shape index (κ2) is 3.38. The van der Waals surface area contributed by atoms with E-state index in [4.69, 9.17) is 5.73 Å². The maximum absolute atomic E-state index is 13.2. The van der Waals surface area contributed by atoms with Crippen molar-refractivity contribution < 1.29 is 4.39 Å². The number of aromatic nitrogens is 3. The van der Waals surface area contributed by atoms with Gasteiger partial charge in [0, 0.05) is 12.4 Å². The van der Waals surface area contributed by atoms with Crippen LogP contribution in [0.4, 0.5) is 10.2 Å². The van der Waals surface area contributed by atoms with Crippen LogP contribution in [0.2, 0.25) is 0 Å². The predicted molar refractivity (Wildman–Crippen MR) is 53.4 cm³/mol. The summed E-state index contributed by atoms with van der Waals surface area (Å²) in [5.41, 5.74) is 5.50. The molecule has 0 atom stereocenters. The van der Waals surface area contributed by atoms with Crippen molar-refractivity contribution in [2.45, 2.75) is 0 Å². The van der Waals surface area contributed by atoms with Gasteiger partial charge in [-0.3, -0.25) is 0 Å². The fraction of sp³-hybridized carbons (Fsp3) is 0. The summed E-state index contributed by atoms with van der Waals surface area (Å²) in [6.07, 6.45) is 3.05. The summed E-state index contributed by atoms with van der Waals surface area (Å²) in [6, 6.07) is 2.83. The van der Waals surface area contributed by atoms with Gasteiger partial charge in [-0.2, -0.15) is 0 Å². The molecular weight excluding hydrogens is 251 g/mol. The smallest absolute Gasteiger partial charge is 0.189 e. The van der Waals surface area contributed by atoms with Gasteiger partial charge < -0.3 is 5.73 Å². The number of nitrogens with two attached hydrogens (primary N) is 1. The minimum absolute atomic E-state index is 0.130. The number of hydrogen-bond donors (Lipinski definition) is 1. The average molecular weight is 257 g/mol. The molecular formula is C8H6BrFN4. The van der Waals surface area contributed by atoms with Crippen LogP contribution in [-0.4, -0.2) is 14.8 Å². The molecule has 0 aliphatic carbocycles. The van der Waals surface area contributed by atoms with Crippen molar-refractivity contribution >= 4 is 21.7 Å². The van der Waals surface area contributed by atoms with E-state index in [1.807, 2.05) is 0 Å². The molecule has 0 aromatic carbocycles.